The Kier molecular flexibility index (Phi) is 6.31. The third-order valence-corrected chi connectivity index (χ3v) is 7.13. The summed E-state index contributed by atoms with van der Waals surface area (Å²) in [7, 11) is 0. The first-order valence-electron chi connectivity index (χ1n) is 10.3. The summed E-state index contributed by atoms with van der Waals surface area (Å²) in [4.78, 5) is 15.3. The van der Waals surface area contributed by atoms with Gasteiger partial charge in [-0.05, 0) is 52.7 Å². The lowest BCUT2D eigenvalue weighted by molar-refractivity contribution is -0.113. The molecule has 0 atom stereocenters. The Morgan fingerprint density at radius 3 is 2.55 bits per heavy atom. The van der Waals surface area contributed by atoms with Crippen molar-refractivity contribution < 1.29 is 9.53 Å². The van der Waals surface area contributed by atoms with Crippen LogP contribution in [0.4, 0.5) is 5.69 Å². The maximum Gasteiger partial charge on any atom is 0.270 e. The first-order valence-corrected chi connectivity index (χ1v) is 12.3. The third-order valence-electron chi connectivity index (χ3n) is 5.33. The van der Waals surface area contributed by atoms with E-state index in [0.717, 1.165) is 21.3 Å². The summed E-state index contributed by atoms with van der Waals surface area (Å²) >= 11 is 10.3. The van der Waals surface area contributed by atoms with Crippen LogP contribution >= 0.6 is 39.9 Å². The summed E-state index contributed by atoms with van der Waals surface area (Å²) < 4.78 is 7.66. The minimum atomic E-state index is -0.129. The van der Waals surface area contributed by atoms with Crippen molar-refractivity contribution in [3.8, 4) is 5.75 Å². The second-order valence-electron chi connectivity index (χ2n) is 7.46. The smallest absolute Gasteiger partial charge is 0.270 e. The molecular weight excluding hydrogens is 514 g/mol. The van der Waals surface area contributed by atoms with Gasteiger partial charge in [0.1, 0.15) is 12.4 Å². The molecule has 0 aliphatic carbocycles. The molecule has 0 spiro atoms. The first kappa shape index (κ1) is 21.9. The van der Waals surface area contributed by atoms with Gasteiger partial charge >= 0.3 is 0 Å². The van der Waals surface area contributed by atoms with Gasteiger partial charge in [0.25, 0.3) is 5.91 Å². The van der Waals surface area contributed by atoms with E-state index in [2.05, 4.69) is 40.2 Å². The number of hydrogen-bond donors (Lipinski definition) is 0. The van der Waals surface area contributed by atoms with Crippen LogP contribution in [0.3, 0.4) is 0 Å². The summed E-state index contributed by atoms with van der Waals surface area (Å²) in [5.74, 6) is 0.576. The zero-order chi connectivity index (χ0) is 22.8. The number of anilines is 1. The van der Waals surface area contributed by atoms with E-state index < -0.39 is 0 Å². The Morgan fingerprint density at radius 2 is 1.70 bits per heavy atom. The van der Waals surface area contributed by atoms with E-state index in [1.54, 1.807) is 4.90 Å². The number of hydrogen-bond acceptors (Lipinski definition) is 4. The fraction of sp³-hybridized carbons (Fsp3) is 0.0370. The Bertz CT molecular complexity index is 1400. The molecule has 1 fully saturated rings. The number of rotatable bonds is 5. The van der Waals surface area contributed by atoms with E-state index in [-0.39, 0.29) is 5.91 Å². The zero-order valence-corrected chi connectivity index (χ0v) is 20.6. The number of benzene rings is 4. The minimum absolute atomic E-state index is 0.129. The third kappa shape index (κ3) is 4.60. The van der Waals surface area contributed by atoms with Gasteiger partial charge in [0.05, 0.1) is 10.6 Å². The molecule has 0 aromatic heterocycles. The number of ether oxygens (including phenoxy) is 1. The van der Waals surface area contributed by atoms with Crippen LogP contribution in [0.25, 0.3) is 16.8 Å². The summed E-state index contributed by atoms with van der Waals surface area (Å²) in [6, 6.07) is 29.7. The summed E-state index contributed by atoms with van der Waals surface area (Å²) in [5, 5.41) is 2.35. The summed E-state index contributed by atoms with van der Waals surface area (Å²) in [5.41, 5.74) is 2.70. The topological polar surface area (TPSA) is 29.5 Å². The van der Waals surface area contributed by atoms with Crippen LogP contribution < -0.4 is 9.64 Å². The molecule has 6 heteroatoms. The van der Waals surface area contributed by atoms with E-state index in [9.17, 15) is 4.79 Å². The molecule has 1 aliphatic rings. The van der Waals surface area contributed by atoms with Gasteiger partial charge in [-0.2, -0.15) is 0 Å². The predicted octanol–water partition coefficient (Wildman–Crippen LogP) is 7.59. The van der Waals surface area contributed by atoms with Crippen LogP contribution in [0.15, 0.2) is 100 Å². The van der Waals surface area contributed by atoms with Gasteiger partial charge in [-0.1, -0.05) is 101 Å². The van der Waals surface area contributed by atoms with Gasteiger partial charge < -0.3 is 4.74 Å². The molecule has 4 aromatic rings. The highest BCUT2D eigenvalue weighted by Crippen LogP contribution is 2.37. The first-order chi connectivity index (χ1) is 16.1. The van der Waals surface area contributed by atoms with Crippen LogP contribution in [0.5, 0.6) is 5.75 Å². The Labute approximate surface area is 210 Å². The number of fused-ring (bicyclic) bond motifs is 1. The lowest BCUT2D eigenvalue weighted by Gasteiger charge is -2.14. The number of thiocarbonyl (C=S) groups is 1. The SMILES string of the molecule is O=C1/C(=C\c2cc(Br)ccc2OCc2cccc3ccccc23)SC(=S)N1c1ccccc1. The van der Waals surface area contributed by atoms with E-state index in [4.69, 9.17) is 17.0 Å². The highest BCUT2D eigenvalue weighted by Gasteiger charge is 2.33. The Balaban J connectivity index is 1.44. The molecule has 0 saturated carbocycles. The number of para-hydroxylation sites is 1. The molecule has 0 bridgehead atoms. The van der Waals surface area contributed by atoms with Crippen molar-refractivity contribution in [3.63, 3.8) is 0 Å². The lowest BCUT2D eigenvalue weighted by Crippen LogP contribution is -2.27. The average Bonchev–Trinajstić information content (AvgIpc) is 3.11. The predicted molar refractivity (Wildman–Crippen MR) is 145 cm³/mol. The van der Waals surface area contributed by atoms with Gasteiger partial charge in [-0.25, -0.2) is 0 Å². The van der Waals surface area contributed by atoms with Crippen molar-refractivity contribution in [2.75, 3.05) is 4.90 Å². The van der Waals surface area contributed by atoms with Gasteiger partial charge in [0.15, 0.2) is 4.32 Å². The normalized spacial score (nSPS) is 14.9. The number of carbonyl (C=O) groups excluding carboxylic acids is 1. The molecule has 162 valence electrons. The van der Waals surface area contributed by atoms with Crippen LogP contribution in [-0.4, -0.2) is 10.2 Å². The van der Waals surface area contributed by atoms with Gasteiger partial charge in [0, 0.05) is 10.0 Å². The van der Waals surface area contributed by atoms with Crippen molar-refractivity contribution in [2.24, 2.45) is 0 Å². The highest BCUT2D eigenvalue weighted by molar-refractivity contribution is 9.10. The maximum atomic E-state index is 13.1. The van der Waals surface area contributed by atoms with E-state index in [0.29, 0.717) is 21.6 Å². The van der Waals surface area contributed by atoms with Gasteiger partial charge in [-0.3, -0.25) is 9.69 Å². The van der Waals surface area contributed by atoms with Crippen molar-refractivity contribution in [1.29, 1.82) is 0 Å². The number of carbonyl (C=O) groups is 1. The Morgan fingerprint density at radius 1 is 0.939 bits per heavy atom. The van der Waals surface area contributed by atoms with Crippen LogP contribution in [-0.2, 0) is 11.4 Å². The number of amides is 1. The number of thioether (sulfide) groups is 1. The maximum absolute atomic E-state index is 13.1. The average molecular weight is 532 g/mol. The quantitative estimate of drug-likeness (QED) is 0.196. The number of nitrogens with zero attached hydrogens (tertiary/aromatic N) is 1. The van der Waals surface area contributed by atoms with Crippen molar-refractivity contribution in [3.05, 3.63) is 112 Å². The molecule has 0 N–H and O–H groups in total. The van der Waals surface area contributed by atoms with E-state index in [1.807, 2.05) is 72.8 Å². The lowest BCUT2D eigenvalue weighted by atomic mass is 10.1. The molecule has 1 aliphatic heterocycles. The van der Waals surface area contributed by atoms with Crippen molar-refractivity contribution in [1.82, 2.24) is 0 Å². The molecule has 3 nitrogen and oxygen atoms in total. The molecule has 4 aromatic carbocycles. The van der Waals surface area contributed by atoms with Crippen LogP contribution in [0, 0.1) is 0 Å². The standard InChI is InChI=1S/C27H18BrNO2S2/c28-21-13-14-24(31-17-19-9-6-8-18-7-4-5-12-23(18)19)20(15-21)16-25-26(30)29(27(32)33-25)22-10-2-1-3-11-22/h1-16H,17H2/b25-16+. The summed E-state index contributed by atoms with van der Waals surface area (Å²) in [6.45, 7) is 0.425. The molecule has 1 amide bonds. The molecular formula is C27H18BrNO2S2. The fourth-order valence-corrected chi connectivity index (χ4v) is 5.41. The highest BCUT2D eigenvalue weighted by atomic mass is 79.9. The second kappa shape index (κ2) is 9.51. The second-order valence-corrected chi connectivity index (χ2v) is 10.1. The largest absolute Gasteiger partial charge is 0.488 e. The van der Waals surface area contributed by atoms with Crippen molar-refractivity contribution >= 4 is 72.7 Å². The minimum Gasteiger partial charge on any atom is -0.488 e. The van der Waals surface area contributed by atoms with Crippen LogP contribution in [0.2, 0.25) is 0 Å². The molecule has 5 rings (SSSR count). The molecule has 0 radical (unpaired) electrons. The summed E-state index contributed by atoms with van der Waals surface area (Å²) in [6.07, 6.45) is 1.85. The van der Waals surface area contributed by atoms with Crippen molar-refractivity contribution in [2.45, 2.75) is 6.61 Å². The zero-order valence-electron chi connectivity index (χ0n) is 17.4. The monoisotopic (exact) mass is 531 g/mol. The fourth-order valence-electron chi connectivity index (χ4n) is 3.75. The molecule has 33 heavy (non-hydrogen) atoms. The molecule has 0 unspecified atom stereocenters. The van der Waals surface area contributed by atoms with E-state index in [1.165, 1.54) is 22.5 Å². The molecule has 1 saturated heterocycles. The number of halogens is 1. The Hall–Kier alpha value is -2.93. The van der Waals surface area contributed by atoms with E-state index >= 15 is 0 Å². The van der Waals surface area contributed by atoms with Gasteiger partial charge in [-0.15, -0.1) is 0 Å². The molecule has 1 heterocycles. The van der Waals surface area contributed by atoms with Gasteiger partial charge in [0.2, 0.25) is 0 Å². The van der Waals surface area contributed by atoms with Crippen LogP contribution in [0.1, 0.15) is 11.1 Å².